The van der Waals surface area contributed by atoms with E-state index in [2.05, 4.69) is 15.6 Å². The molecule has 0 radical (unpaired) electrons. The lowest BCUT2D eigenvalue weighted by atomic mass is 10.2. The zero-order chi connectivity index (χ0) is 12.8. The molecule has 0 aliphatic carbocycles. The normalized spacial score (nSPS) is 11.8. The lowest BCUT2D eigenvalue weighted by Gasteiger charge is -2.11. The van der Waals surface area contributed by atoms with Gasteiger partial charge in [0, 0.05) is 24.6 Å². The van der Waals surface area contributed by atoms with Gasteiger partial charge in [-0.15, -0.1) is 0 Å². The Hall–Kier alpha value is -1.92. The first-order valence-corrected chi connectivity index (χ1v) is 6.35. The largest absolute Gasteiger partial charge is 0.387 e. The van der Waals surface area contributed by atoms with E-state index < -0.39 is 6.10 Å². The highest BCUT2D eigenvalue weighted by atomic mass is 32.1. The number of thiophene rings is 1. The average Bonchev–Trinajstić information content (AvgIpc) is 2.91. The fraction of sp³-hybridized carbons (Fsp3) is 0.167. The molecule has 6 heteroatoms. The number of aromatic nitrogens is 1. The highest BCUT2D eigenvalue weighted by Gasteiger charge is 2.09. The second kappa shape index (κ2) is 6.13. The molecule has 2 rings (SSSR count). The Labute approximate surface area is 108 Å². The maximum absolute atomic E-state index is 11.5. The SMILES string of the molecule is O=C(NCC(O)c1ccsc1)Nc1ccncc1. The number of pyridine rings is 1. The molecule has 2 amide bonds. The van der Waals surface area contributed by atoms with Crippen LogP contribution in [0.2, 0.25) is 0 Å². The molecule has 0 aromatic carbocycles. The number of nitrogens with one attached hydrogen (secondary N) is 2. The molecule has 0 spiro atoms. The van der Waals surface area contributed by atoms with Crippen molar-refractivity contribution in [3.8, 4) is 0 Å². The molecule has 2 aromatic heterocycles. The van der Waals surface area contributed by atoms with Crippen LogP contribution in [0.25, 0.3) is 0 Å². The molecule has 5 nitrogen and oxygen atoms in total. The first kappa shape index (κ1) is 12.5. The molecule has 18 heavy (non-hydrogen) atoms. The van der Waals surface area contributed by atoms with Crippen LogP contribution >= 0.6 is 11.3 Å². The second-order valence-corrected chi connectivity index (χ2v) is 4.42. The maximum Gasteiger partial charge on any atom is 0.319 e. The lowest BCUT2D eigenvalue weighted by molar-refractivity contribution is 0.175. The van der Waals surface area contributed by atoms with Gasteiger partial charge in [-0.2, -0.15) is 11.3 Å². The fourth-order valence-electron chi connectivity index (χ4n) is 1.38. The van der Waals surface area contributed by atoms with Gasteiger partial charge >= 0.3 is 6.03 Å². The molecule has 0 fully saturated rings. The zero-order valence-electron chi connectivity index (χ0n) is 9.54. The van der Waals surface area contributed by atoms with Crippen molar-refractivity contribution in [1.29, 1.82) is 0 Å². The van der Waals surface area contributed by atoms with Crippen LogP contribution in [0.15, 0.2) is 41.4 Å². The molecule has 3 N–H and O–H groups in total. The Balaban J connectivity index is 1.79. The third-order valence-electron chi connectivity index (χ3n) is 2.32. The summed E-state index contributed by atoms with van der Waals surface area (Å²) in [4.78, 5) is 15.4. The quantitative estimate of drug-likeness (QED) is 0.789. The summed E-state index contributed by atoms with van der Waals surface area (Å²) in [5.74, 6) is 0. The van der Waals surface area contributed by atoms with Crippen molar-refractivity contribution in [1.82, 2.24) is 10.3 Å². The van der Waals surface area contributed by atoms with E-state index in [1.54, 1.807) is 24.5 Å². The van der Waals surface area contributed by atoms with E-state index in [0.717, 1.165) is 5.56 Å². The summed E-state index contributed by atoms with van der Waals surface area (Å²) in [6.07, 6.45) is 2.51. The average molecular weight is 263 g/mol. The standard InChI is InChI=1S/C12H13N3O2S/c16-11(9-3-6-18-8-9)7-14-12(17)15-10-1-4-13-5-2-10/h1-6,8,11,16H,7H2,(H2,13,14,15,17). The third kappa shape index (κ3) is 3.54. The van der Waals surface area contributed by atoms with Crippen molar-refractivity contribution in [2.75, 3.05) is 11.9 Å². The van der Waals surface area contributed by atoms with Crippen LogP contribution in [-0.4, -0.2) is 22.7 Å². The number of aliphatic hydroxyl groups is 1. The van der Waals surface area contributed by atoms with E-state index in [1.165, 1.54) is 11.3 Å². The number of carbonyl (C=O) groups excluding carboxylic acids is 1. The number of rotatable bonds is 4. The highest BCUT2D eigenvalue weighted by Crippen LogP contribution is 2.15. The van der Waals surface area contributed by atoms with Gasteiger partial charge in [0.15, 0.2) is 0 Å². The summed E-state index contributed by atoms with van der Waals surface area (Å²) in [5, 5.41) is 18.8. The van der Waals surface area contributed by atoms with Gasteiger partial charge in [0.2, 0.25) is 0 Å². The molecular formula is C12H13N3O2S. The van der Waals surface area contributed by atoms with Crippen LogP contribution in [0.5, 0.6) is 0 Å². The summed E-state index contributed by atoms with van der Waals surface area (Å²) in [5.41, 5.74) is 1.47. The number of aliphatic hydroxyl groups excluding tert-OH is 1. The van der Waals surface area contributed by atoms with E-state index in [0.29, 0.717) is 5.69 Å². The van der Waals surface area contributed by atoms with Gasteiger partial charge in [-0.1, -0.05) is 0 Å². The molecule has 0 aliphatic rings. The van der Waals surface area contributed by atoms with Crippen molar-refractivity contribution in [3.63, 3.8) is 0 Å². The Morgan fingerprint density at radius 3 is 2.83 bits per heavy atom. The van der Waals surface area contributed by atoms with Gasteiger partial charge in [0.05, 0.1) is 6.10 Å². The summed E-state index contributed by atoms with van der Waals surface area (Å²) >= 11 is 1.51. The van der Waals surface area contributed by atoms with Crippen molar-refractivity contribution in [3.05, 3.63) is 46.9 Å². The number of hydrogen-bond acceptors (Lipinski definition) is 4. The summed E-state index contributed by atoms with van der Waals surface area (Å²) in [7, 11) is 0. The van der Waals surface area contributed by atoms with E-state index in [1.807, 2.05) is 16.8 Å². The minimum absolute atomic E-state index is 0.174. The predicted octanol–water partition coefficient (Wildman–Crippen LogP) is 2.00. The highest BCUT2D eigenvalue weighted by molar-refractivity contribution is 7.07. The van der Waals surface area contributed by atoms with E-state index in [4.69, 9.17) is 0 Å². The van der Waals surface area contributed by atoms with Crippen molar-refractivity contribution in [2.24, 2.45) is 0 Å². The van der Waals surface area contributed by atoms with Crippen LogP contribution in [0.4, 0.5) is 10.5 Å². The molecular weight excluding hydrogens is 250 g/mol. The molecule has 0 saturated heterocycles. The van der Waals surface area contributed by atoms with Crippen LogP contribution in [0, 0.1) is 0 Å². The number of urea groups is 1. The lowest BCUT2D eigenvalue weighted by Crippen LogP contribution is -2.32. The van der Waals surface area contributed by atoms with Crippen molar-refractivity contribution < 1.29 is 9.90 Å². The molecule has 2 heterocycles. The Bertz CT molecular complexity index is 487. The summed E-state index contributed by atoms with van der Waals surface area (Å²) in [6.45, 7) is 0.174. The van der Waals surface area contributed by atoms with Gasteiger partial charge in [-0.05, 0) is 34.5 Å². The topological polar surface area (TPSA) is 74.2 Å². The second-order valence-electron chi connectivity index (χ2n) is 3.64. The smallest absolute Gasteiger partial charge is 0.319 e. The number of nitrogens with zero attached hydrogens (tertiary/aromatic N) is 1. The Morgan fingerprint density at radius 1 is 1.39 bits per heavy atom. The fourth-order valence-corrected chi connectivity index (χ4v) is 2.09. The molecule has 0 bridgehead atoms. The Morgan fingerprint density at radius 2 is 2.17 bits per heavy atom. The maximum atomic E-state index is 11.5. The van der Waals surface area contributed by atoms with E-state index in [9.17, 15) is 9.90 Å². The monoisotopic (exact) mass is 263 g/mol. The minimum atomic E-state index is -0.681. The molecule has 94 valence electrons. The summed E-state index contributed by atoms with van der Waals surface area (Å²) < 4.78 is 0. The van der Waals surface area contributed by atoms with Crippen LogP contribution < -0.4 is 10.6 Å². The number of amides is 2. The number of hydrogen-bond donors (Lipinski definition) is 3. The van der Waals surface area contributed by atoms with Crippen LogP contribution in [-0.2, 0) is 0 Å². The van der Waals surface area contributed by atoms with Gasteiger partial charge in [0.25, 0.3) is 0 Å². The van der Waals surface area contributed by atoms with Crippen LogP contribution in [0.1, 0.15) is 11.7 Å². The number of anilines is 1. The molecule has 1 atom stereocenters. The molecule has 0 aliphatic heterocycles. The first-order chi connectivity index (χ1) is 8.75. The van der Waals surface area contributed by atoms with E-state index in [-0.39, 0.29) is 12.6 Å². The number of carbonyl (C=O) groups is 1. The van der Waals surface area contributed by atoms with Gasteiger partial charge in [0.1, 0.15) is 0 Å². The van der Waals surface area contributed by atoms with Crippen molar-refractivity contribution >= 4 is 23.1 Å². The van der Waals surface area contributed by atoms with Gasteiger partial charge in [-0.3, -0.25) is 4.98 Å². The minimum Gasteiger partial charge on any atom is -0.387 e. The van der Waals surface area contributed by atoms with Gasteiger partial charge in [-0.25, -0.2) is 4.79 Å². The zero-order valence-corrected chi connectivity index (χ0v) is 10.4. The Kier molecular flexibility index (Phi) is 4.27. The molecule has 1 unspecified atom stereocenters. The third-order valence-corrected chi connectivity index (χ3v) is 3.02. The molecule has 2 aromatic rings. The predicted molar refractivity (Wildman–Crippen MR) is 70.5 cm³/mol. The first-order valence-electron chi connectivity index (χ1n) is 5.41. The van der Waals surface area contributed by atoms with Crippen LogP contribution in [0.3, 0.4) is 0 Å². The van der Waals surface area contributed by atoms with Gasteiger partial charge < -0.3 is 15.7 Å². The van der Waals surface area contributed by atoms with Crippen molar-refractivity contribution in [2.45, 2.75) is 6.10 Å². The van der Waals surface area contributed by atoms with E-state index >= 15 is 0 Å². The summed E-state index contributed by atoms with van der Waals surface area (Å²) in [6, 6.07) is 4.86. The molecule has 0 saturated carbocycles.